The van der Waals surface area contributed by atoms with Crippen LogP contribution in [0.3, 0.4) is 0 Å². The lowest BCUT2D eigenvalue weighted by molar-refractivity contribution is 0.0355. The summed E-state index contributed by atoms with van der Waals surface area (Å²) >= 11 is 7.42. The molecule has 102 valence electrons. The SMILES string of the molecule is CC(OCC1CCCCCC1)c1nc(CCl)cs1. The fourth-order valence-electron chi connectivity index (χ4n) is 2.45. The van der Waals surface area contributed by atoms with Crippen molar-refractivity contribution in [2.45, 2.75) is 57.4 Å². The molecular weight excluding hydrogens is 266 g/mol. The predicted octanol–water partition coefficient (Wildman–Crippen LogP) is 4.93. The van der Waals surface area contributed by atoms with Crippen molar-refractivity contribution in [3.63, 3.8) is 0 Å². The van der Waals surface area contributed by atoms with Crippen LogP contribution in [0.5, 0.6) is 0 Å². The molecule has 4 heteroatoms. The maximum absolute atomic E-state index is 5.99. The first-order valence-corrected chi connectivity index (χ1v) is 8.33. The highest BCUT2D eigenvalue weighted by molar-refractivity contribution is 7.09. The molecular formula is C14H22ClNOS. The van der Waals surface area contributed by atoms with E-state index in [4.69, 9.17) is 16.3 Å². The first kappa shape index (κ1) is 14.3. The average Bonchev–Trinajstić information content (AvgIpc) is 2.73. The highest BCUT2D eigenvalue weighted by Gasteiger charge is 2.16. The van der Waals surface area contributed by atoms with Crippen LogP contribution < -0.4 is 0 Å². The maximum Gasteiger partial charge on any atom is 0.122 e. The number of rotatable bonds is 5. The number of hydrogen-bond acceptors (Lipinski definition) is 3. The summed E-state index contributed by atoms with van der Waals surface area (Å²) in [6.07, 6.45) is 8.31. The monoisotopic (exact) mass is 287 g/mol. The Hall–Kier alpha value is -0.120. The van der Waals surface area contributed by atoms with Crippen molar-refractivity contribution in [1.82, 2.24) is 4.98 Å². The number of halogens is 1. The summed E-state index contributed by atoms with van der Waals surface area (Å²) in [6.45, 7) is 2.98. The summed E-state index contributed by atoms with van der Waals surface area (Å²) < 4.78 is 5.99. The van der Waals surface area contributed by atoms with Gasteiger partial charge < -0.3 is 4.74 Å². The number of nitrogens with zero attached hydrogens (tertiary/aromatic N) is 1. The van der Waals surface area contributed by atoms with Gasteiger partial charge in [0.25, 0.3) is 0 Å². The predicted molar refractivity (Wildman–Crippen MR) is 77.2 cm³/mol. The molecule has 1 unspecified atom stereocenters. The average molecular weight is 288 g/mol. The summed E-state index contributed by atoms with van der Waals surface area (Å²) in [7, 11) is 0. The van der Waals surface area contributed by atoms with Gasteiger partial charge in [0.15, 0.2) is 0 Å². The van der Waals surface area contributed by atoms with Gasteiger partial charge in [-0.1, -0.05) is 25.7 Å². The van der Waals surface area contributed by atoms with E-state index in [-0.39, 0.29) is 6.10 Å². The lowest BCUT2D eigenvalue weighted by Crippen LogP contribution is -2.11. The lowest BCUT2D eigenvalue weighted by Gasteiger charge is -2.17. The number of hydrogen-bond donors (Lipinski definition) is 0. The molecule has 18 heavy (non-hydrogen) atoms. The summed E-state index contributed by atoms with van der Waals surface area (Å²) in [5, 5.41) is 3.08. The van der Waals surface area contributed by atoms with E-state index in [1.165, 1.54) is 38.5 Å². The Kier molecular flexibility index (Phi) is 5.93. The molecule has 1 fully saturated rings. The van der Waals surface area contributed by atoms with Crippen LogP contribution in [-0.2, 0) is 10.6 Å². The van der Waals surface area contributed by atoms with Crippen LogP contribution in [0, 0.1) is 5.92 Å². The Labute approximate surface area is 119 Å². The molecule has 1 aromatic heterocycles. The minimum absolute atomic E-state index is 0.107. The van der Waals surface area contributed by atoms with Gasteiger partial charge in [0.1, 0.15) is 11.1 Å². The molecule has 0 aliphatic heterocycles. The molecule has 0 aromatic carbocycles. The van der Waals surface area contributed by atoms with Crippen LogP contribution in [-0.4, -0.2) is 11.6 Å². The van der Waals surface area contributed by atoms with Gasteiger partial charge in [-0.05, 0) is 25.7 Å². The molecule has 0 amide bonds. The molecule has 1 aliphatic carbocycles. The number of aromatic nitrogens is 1. The third-order valence-electron chi connectivity index (χ3n) is 3.61. The van der Waals surface area contributed by atoms with Crippen molar-refractivity contribution in [1.29, 1.82) is 0 Å². The van der Waals surface area contributed by atoms with Crippen molar-refractivity contribution < 1.29 is 4.74 Å². The standard InChI is InChI=1S/C14H22ClNOS/c1-11(14-16-13(8-15)10-18-14)17-9-12-6-4-2-3-5-7-12/h10-12H,2-9H2,1H3. The Morgan fingerprint density at radius 2 is 2.11 bits per heavy atom. The summed E-state index contributed by atoms with van der Waals surface area (Å²) in [5.74, 6) is 1.24. The van der Waals surface area contributed by atoms with E-state index >= 15 is 0 Å². The maximum atomic E-state index is 5.99. The fourth-order valence-corrected chi connectivity index (χ4v) is 3.50. The van der Waals surface area contributed by atoms with Crippen LogP contribution in [0.15, 0.2) is 5.38 Å². The van der Waals surface area contributed by atoms with Gasteiger partial charge in [-0.15, -0.1) is 22.9 Å². The van der Waals surface area contributed by atoms with E-state index in [9.17, 15) is 0 Å². The van der Waals surface area contributed by atoms with Gasteiger partial charge in [-0.3, -0.25) is 0 Å². The van der Waals surface area contributed by atoms with Crippen molar-refractivity contribution in [3.05, 3.63) is 16.1 Å². The van der Waals surface area contributed by atoms with Crippen LogP contribution in [0.1, 0.15) is 62.3 Å². The fraction of sp³-hybridized carbons (Fsp3) is 0.786. The van der Waals surface area contributed by atoms with E-state index < -0.39 is 0 Å². The van der Waals surface area contributed by atoms with Gasteiger partial charge in [0.2, 0.25) is 0 Å². The third-order valence-corrected chi connectivity index (χ3v) is 4.94. The second-order valence-electron chi connectivity index (χ2n) is 5.14. The van der Waals surface area contributed by atoms with E-state index in [2.05, 4.69) is 11.9 Å². The molecule has 0 spiro atoms. The normalized spacial score (nSPS) is 19.7. The molecule has 1 heterocycles. The van der Waals surface area contributed by atoms with Gasteiger partial charge >= 0.3 is 0 Å². The van der Waals surface area contributed by atoms with Crippen molar-refractivity contribution >= 4 is 22.9 Å². The van der Waals surface area contributed by atoms with Crippen molar-refractivity contribution in [2.24, 2.45) is 5.92 Å². The molecule has 0 radical (unpaired) electrons. The molecule has 1 atom stereocenters. The van der Waals surface area contributed by atoms with Crippen molar-refractivity contribution in [2.75, 3.05) is 6.61 Å². The van der Waals surface area contributed by atoms with Crippen molar-refractivity contribution in [3.8, 4) is 0 Å². The van der Waals surface area contributed by atoms with E-state index in [1.54, 1.807) is 11.3 Å². The molecule has 1 aromatic rings. The Bertz CT molecular complexity index is 347. The zero-order valence-electron chi connectivity index (χ0n) is 11.0. The van der Waals surface area contributed by atoms with Gasteiger partial charge in [-0.25, -0.2) is 4.98 Å². The molecule has 0 saturated heterocycles. The second-order valence-corrected chi connectivity index (χ2v) is 6.30. The van der Waals surface area contributed by atoms with E-state index in [1.807, 2.05) is 5.38 Å². The van der Waals surface area contributed by atoms with Crippen LogP contribution in [0.25, 0.3) is 0 Å². The lowest BCUT2D eigenvalue weighted by atomic mass is 10.0. The van der Waals surface area contributed by atoms with Crippen LogP contribution >= 0.6 is 22.9 Å². The first-order valence-electron chi connectivity index (χ1n) is 6.91. The molecule has 0 bridgehead atoms. The number of ether oxygens (including phenoxy) is 1. The van der Waals surface area contributed by atoms with E-state index in [0.29, 0.717) is 5.88 Å². The molecule has 2 nitrogen and oxygen atoms in total. The second kappa shape index (κ2) is 7.46. The molecule has 0 N–H and O–H groups in total. The summed E-state index contributed by atoms with van der Waals surface area (Å²) in [4.78, 5) is 4.47. The highest BCUT2D eigenvalue weighted by atomic mass is 35.5. The zero-order valence-corrected chi connectivity index (χ0v) is 12.6. The minimum Gasteiger partial charge on any atom is -0.371 e. The smallest absolute Gasteiger partial charge is 0.122 e. The van der Waals surface area contributed by atoms with E-state index in [0.717, 1.165) is 23.2 Å². The minimum atomic E-state index is 0.107. The molecule has 1 saturated carbocycles. The topological polar surface area (TPSA) is 22.1 Å². The van der Waals surface area contributed by atoms with Gasteiger partial charge in [-0.2, -0.15) is 0 Å². The van der Waals surface area contributed by atoms with Crippen LogP contribution in [0.2, 0.25) is 0 Å². The molecule has 1 aliphatic rings. The number of alkyl halides is 1. The number of thiazole rings is 1. The Balaban J connectivity index is 1.78. The zero-order chi connectivity index (χ0) is 12.8. The largest absolute Gasteiger partial charge is 0.371 e. The first-order chi connectivity index (χ1) is 8.79. The van der Waals surface area contributed by atoms with Gasteiger partial charge in [0, 0.05) is 5.38 Å². The summed E-state index contributed by atoms with van der Waals surface area (Å²) in [5.41, 5.74) is 0.960. The quantitative estimate of drug-likeness (QED) is 0.566. The molecule has 2 rings (SSSR count). The third kappa shape index (κ3) is 4.22. The highest BCUT2D eigenvalue weighted by Crippen LogP contribution is 2.27. The Morgan fingerprint density at radius 1 is 1.39 bits per heavy atom. The Morgan fingerprint density at radius 3 is 2.72 bits per heavy atom. The van der Waals surface area contributed by atoms with Gasteiger partial charge in [0.05, 0.1) is 18.2 Å². The van der Waals surface area contributed by atoms with Crippen LogP contribution in [0.4, 0.5) is 0 Å². The summed E-state index contributed by atoms with van der Waals surface area (Å²) in [6, 6.07) is 0.